The fourth-order valence-corrected chi connectivity index (χ4v) is 2.46. The summed E-state index contributed by atoms with van der Waals surface area (Å²) in [6.45, 7) is 3.76. The van der Waals surface area contributed by atoms with E-state index in [4.69, 9.17) is 5.26 Å². The van der Waals surface area contributed by atoms with Gasteiger partial charge in [0.05, 0.1) is 6.07 Å². The van der Waals surface area contributed by atoms with Crippen LogP contribution in [0.2, 0.25) is 0 Å². The van der Waals surface area contributed by atoms with Crippen LogP contribution >= 0.6 is 0 Å². The van der Waals surface area contributed by atoms with E-state index < -0.39 is 5.92 Å². The van der Waals surface area contributed by atoms with Crippen molar-refractivity contribution in [3.05, 3.63) is 0 Å². The molecule has 1 saturated carbocycles. The molecule has 90 valence electrons. The van der Waals surface area contributed by atoms with Gasteiger partial charge in [-0.3, -0.25) is 4.79 Å². The molecule has 1 amide bonds. The summed E-state index contributed by atoms with van der Waals surface area (Å²) >= 11 is 0. The minimum atomic E-state index is -0.530. The molecule has 1 fully saturated rings. The van der Waals surface area contributed by atoms with Gasteiger partial charge >= 0.3 is 0 Å². The molecule has 2 atom stereocenters. The number of carbonyl (C=O) groups is 1. The molecular weight excluding hydrogens is 200 g/mol. The largest absolute Gasteiger partial charge is 0.352 e. The number of nitrogens with zero attached hydrogens (tertiary/aromatic N) is 1. The molecule has 0 aromatic heterocycles. The molecule has 0 saturated heterocycles. The molecule has 0 aliphatic heterocycles. The van der Waals surface area contributed by atoms with Crippen LogP contribution in [0, 0.1) is 23.2 Å². The van der Waals surface area contributed by atoms with Crippen LogP contribution in [-0.2, 0) is 4.79 Å². The lowest BCUT2D eigenvalue weighted by Gasteiger charge is -2.30. The van der Waals surface area contributed by atoms with Crippen LogP contribution in [-0.4, -0.2) is 11.9 Å². The lowest BCUT2D eigenvalue weighted by Crippen LogP contribution is -2.42. The monoisotopic (exact) mass is 222 g/mol. The molecule has 16 heavy (non-hydrogen) atoms. The first-order valence-corrected chi connectivity index (χ1v) is 6.39. The third kappa shape index (κ3) is 3.52. The third-order valence-corrected chi connectivity index (χ3v) is 3.57. The van der Waals surface area contributed by atoms with Gasteiger partial charge in [0.15, 0.2) is 0 Å². The van der Waals surface area contributed by atoms with Crippen LogP contribution in [0.5, 0.6) is 0 Å². The van der Waals surface area contributed by atoms with Crippen LogP contribution in [0.15, 0.2) is 0 Å². The van der Waals surface area contributed by atoms with E-state index >= 15 is 0 Å². The maximum absolute atomic E-state index is 11.7. The number of amides is 1. The molecule has 0 aromatic rings. The highest BCUT2D eigenvalue weighted by molar-refractivity contribution is 5.80. The molecule has 3 nitrogen and oxygen atoms in total. The van der Waals surface area contributed by atoms with Crippen molar-refractivity contribution in [1.82, 2.24) is 5.32 Å². The zero-order valence-electron chi connectivity index (χ0n) is 10.3. The predicted octanol–water partition coefficient (Wildman–Crippen LogP) is 2.62. The Balaban J connectivity index is 2.47. The highest BCUT2D eigenvalue weighted by atomic mass is 16.1. The Bertz CT molecular complexity index is 264. The second kappa shape index (κ2) is 6.52. The van der Waals surface area contributed by atoms with E-state index in [1.165, 1.54) is 32.1 Å². The van der Waals surface area contributed by atoms with Crippen LogP contribution < -0.4 is 5.32 Å². The van der Waals surface area contributed by atoms with Crippen LogP contribution in [0.1, 0.15) is 52.4 Å². The van der Waals surface area contributed by atoms with Gasteiger partial charge in [0.25, 0.3) is 0 Å². The van der Waals surface area contributed by atoms with Gasteiger partial charge in [0, 0.05) is 6.04 Å². The van der Waals surface area contributed by atoms with Crippen molar-refractivity contribution >= 4 is 5.91 Å². The number of rotatable bonds is 4. The predicted molar refractivity (Wildman–Crippen MR) is 63.6 cm³/mol. The Hall–Kier alpha value is -1.04. The maximum atomic E-state index is 11.7. The zero-order chi connectivity index (χ0) is 12.0. The lowest BCUT2D eigenvalue weighted by atomic mass is 9.83. The van der Waals surface area contributed by atoms with Gasteiger partial charge in [-0.1, -0.05) is 26.2 Å². The normalized spacial score (nSPS) is 20.8. The van der Waals surface area contributed by atoms with Gasteiger partial charge < -0.3 is 5.32 Å². The van der Waals surface area contributed by atoms with Gasteiger partial charge in [-0.25, -0.2) is 0 Å². The molecule has 1 rings (SSSR count). The Labute approximate surface area is 98.2 Å². The standard InChI is InChI=1S/C13H22N2O/c1-3-12(11-7-5-4-6-8-11)15-13(16)10(2)9-14/h10-12H,3-8H2,1-2H3,(H,15,16). The Morgan fingerprint density at radius 3 is 2.56 bits per heavy atom. The second-order valence-electron chi connectivity index (χ2n) is 4.77. The molecule has 1 aliphatic carbocycles. The van der Waals surface area contributed by atoms with Crippen molar-refractivity contribution in [3.8, 4) is 6.07 Å². The highest BCUT2D eigenvalue weighted by Crippen LogP contribution is 2.27. The SMILES string of the molecule is CCC(NC(=O)C(C)C#N)C1CCCCC1. The second-order valence-corrected chi connectivity index (χ2v) is 4.77. The molecule has 1 N–H and O–H groups in total. The quantitative estimate of drug-likeness (QED) is 0.795. The van der Waals surface area contributed by atoms with Crippen molar-refractivity contribution in [1.29, 1.82) is 5.26 Å². The van der Waals surface area contributed by atoms with Gasteiger partial charge in [-0.15, -0.1) is 0 Å². The summed E-state index contributed by atoms with van der Waals surface area (Å²) in [5.41, 5.74) is 0. The van der Waals surface area contributed by atoms with Crippen LogP contribution in [0.25, 0.3) is 0 Å². The summed E-state index contributed by atoms with van der Waals surface area (Å²) in [5, 5.41) is 11.7. The average molecular weight is 222 g/mol. The first-order chi connectivity index (χ1) is 7.69. The third-order valence-electron chi connectivity index (χ3n) is 3.57. The summed E-state index contributed by atoms with van der Waals surface area (Å²) in [5.74, 6) is -0.0221. The minimum Gasteiger partial charge on any atom is -0.352 e. The highest BCUT2D eigenvalue weighted by Gasteiger charge is 2.25. The van der Waals surface area contributed by atoms with Crippen molar-refractivity contribution in [2.75, 3.05) is 0 Å². The van der Waals surface area contributed by atoms with E-state index in [2.05, 4.69) is 12.2 Å². The first-order valence-electron chi connectivity index (χ1n) is 6.39. The Morgan fingerprint density at radius 1 is 1.44 bits per heavy atom. The molecule has 0 radical (unpaired) electrons. The minimum absolute atomic E-state index is 0.111. The zero-order valence-corrected chi connectivity index (χ0v) is 10.3. The fourth-order valence-electron chi connectivity index (χ4n) is 2.46. The summed E-state index contributed by atoms with van der Waals surface area (Å²) in [4.78, 5) is 11.7. The smallest absolute Gasteiger partial charge is 0.237 e. The van der Waals surface area contributed by atoms with Crippen LogP contribution in [0.3, 0.4) is 0 Å². The number of carbonyl (C=O) groups excluding carboxylic acids is 1. The fraction of sp³-hybridized carbons (Fsp3) is 0.846. The molecule has 3 heteroatoms. The van der Waals surface area contributed by atoms with Crippen molar-refractivity contribution in [2.24, 2.45) is 11.8 Å². The summed E-state index contributed by atoms with van der Waals surface area (Å²) in [6, 6.07) is 2.25. The molecule has 0 spiro atoms. The number of nitriles is 1. The van der Waals surface area contributed by atoms with E-state index in [9.17, 15) is 4.79 Å². The van der Waals surface area contributed by atoms with Crippen molar-refractivity contribution < 1.29 is 4.79 Å². The summed E-state index contributed by atoms with van der Waals surface area (Å²) in [6.07, 6.45) is 7.30. The lowest BCUT2D eigenvalue weighted by molar-refractivity contribution is -0.124. The maximum Gasteiger partial charge on any atom is 0.237 e. The number of hydrogen-bond donors (Lipinski definition) is 1. The van der Waals surface area contributed by atoms with Gasteiger partial charge in [0.2, 0.25) is 5.91 Å². The molecule has 0 heterocycles. The first kappa shape index (κ1) is 13.0. The van der Waals surface area contributed by atoms with Gasteiger partial charge in [0.1, 0.15) is 5.92 Å². The topological polar surface area (TPSA) is 52.9 Å². The summed E-state index contributed by atoms with van der Waals surface area (Å²) in [7, 11) is 0. The molecule has 0 aromatic carbocycles. The Kier molecular flexibility index (Phi) is 5.31. The molecule has 2 unspecified atom stereocenters. The molecule has 1 aliphatic rings. The number of hydrogen-bond acceptors (Lipinski definition) is 2. The van der Waals surface area contributed by atoms with E-state index in [1.54, 1.807) is 6.92 Å². The van der Waals surface area contributed by atoms with Crippen molar-refractivity contribution in [2.45, 2.75) is 58.4 Å². The Morgan fingerprint density at radius 2 is 2.06 bits per heavy atom. The number of nitrogens with one attached hydrogen (secondary N) is 1. The van der Waals surface area contributed by atoms with E-state index in [1.807, 2.05) is 6.07 Å². The average Bonchev–Trinajstić information content (AvgIpc) is 2.35. The summed E-state index contributed by atoms with van der Waals surface area (Å²) < 4.78 is 0. The van der Waals surface area contributed by atoms with E-state index in [-0.39, 0.29) is 11.9 Å². The van der Waals surface area contributed by atoms with Gasteiger partial charge in [-0.2, -0.15) is 5.26 Å². The molecule has 0 bridgehead atoms. The van der Waals surface area contributed by atoms with Crippen molar-refractivity contribution in [3.63, 3.8) is 0 Å². The van der Waals surface area contributed by atoms with E-state index in [0.717, 1.165) is 6.42 Å². The van der Waals surface area contributed by atoms with Crippen LogP contribution in [0.4, 0.5) is 0 Å². The molecular formula is C13H22N2O. The van der Waals surface area contributed by atoms with E-state index in [0.29, 0.717) is 5.92 Å². The van der Waals surface area contributed by atoms with Gasteiger partial charge in [-0.05, 0) is 32.1 Å².